The standard InChI is InChI=1S/C57H79N9O7/c1-11-42(59-10)51(69)64-48(57(6,7)8)54(72)65-31-38-28-37(27-26-36(38)29-45(65)52(70)61-43-24-16-20-34-18-12-14-22-40(34)43)50(68)60-39-30-46(53(71)62-44-25-17-21-35-19-13-15-23-41(35)44)66(32-39)55(73)47(56(3,4)5)63-49(67)33(2)58-9/h12-15,18-19,22-23,26-28,33,39,42-48,58-59H,11,16-17,20-21,24-25,29-32H2,1-10H3,(H,60,68)(H,61,70)(H,62,71)(H,63,67)(H,64,69)/t33-,39-,42-,43+,44+,45-,46-,47+,48+/m0/s1. The molecule has 73 heavy (non-hydrogen) atoms. The molecule has 7 rings (SSSR count). The Kier molecular flexibility index (Phi) is 17.2. The van der Waals surface area contributed by atoms with E-state index in [1.54, 1.807) is 38.1 Å². The van der Waals surface area contributed by atoms with E-state index in [0.717, 1.165) is 55.2 Å². The Balaban J connectivity index is 1.16. The number of hydrogen-bond donors (Lipinski definition) is 7. The van der Waals surface area contributed by atoms with Crippen LogP contribution in [0.4, 0.5) is 0 Å². The van der Waals surface area contributed by atoms with Crippen molar-refractivity contribution in [3.8, 4) is 0 Å². The quantitative estimate of drug-likeness (QED) is 0.113. The second-order valence-electron chi connectivity index (χ2n) is 22.8. The molecular formula is C57H79N9O7. The molecule has 3 aromatic rings. The van der Waals surface area contributed by atoms with Crippen molar-refractivity contribution in [1.82, 2.24) is 47.0 Å². The highest BCUT2D eigenvalue weighted by molar-refractivity contribution is 5.97. The maximum Gasteiger partial charge on any atom is 0.251 e. The molecule has 1 saturated heterocycles. The van der Waals surface area contributed by atoms with Crippen LogP contribution in [0.5, 0.6) is 0 Å². The summed E-state index contributed by atoms with van der Waals surface area (Å²) in [4.78, 5) is 103. The van der Waals surface area contributed by atoms with Gasteiger partial charge in [0.15, 0.2) is 0 Å². The van der Waals surface area contributed by atoms with E-state index in [0.29, 0.717) is 17.5 Å². The zero-order valence-electron chi connectivity index (χ0n) is 44.6. The Labute approximate surface area is 431 Å². The number of likely N-dealkylation sites (N-methyl/N-ethyl adjacent to an activating group) is 2. The van der Waals surface area contributed by atoms with Crippen LogP contribution in [-0.2, 0) is 54.6 Å². The number of benzene rings is 3. The smallest absolute Gasteiger partial charge is 0.251 e. The van der Waals surface area contributed by atoms with Crippen molar-refractivity contribution in [3.63, 3.8) is 0 Å². The van der Waals surface area contributed by atoms with E-state index in [9.17, 15) is 28.8 Å². The SMILES string of the molecule is CC[C@H](NC)C(=O)N[C@H](C(=O)N1Cc2cc(C(=O)N[C@H]3C[C@@H](C(=O)N[C@@H]4CCCc5ccccc54)N(C(=O)[C@@H](NC(=O)[C@H](C)NC)C(C)(C)C)C3)ccc2C[C@H]1C(=O)N[C@@H]1CCCc2ccccc21)C(C)(C)C. The van der Waals surface area contributed by atoms with Gasteiger partial charge >= 0.3 is 0 Å². The zero-order chi connectivity index (χ0) is 52.9. The molecule has 2 aliphatic heterocycles. The summed E-state index contributed by atoms with van der Waals surface area (Å²) in [5.41, 5.74) is 4.82. The first kappa shape index (κ1) is 54.6. The molecule has 1 fully saturated rings. The van der Waals surface area contributed by atoms with Gasteiger partial charge in [0.2, 0.25) is 35.4 Å². The molecule has 7 amide bonds. The van der Waals surface area contributed by atoms with Crippen LogP contribution in [0.25, 0.3) is 0 Å². The summed E-state index contributed by atoms with van der Waals surface area (Å²) in [5.74, 6) is -2.55. The molecule has 0 bridgehead atoms. The van der Waals surface area contributed by atoms with Crippen molar-refractivity contribution in [1.29, 1.82) is 0 Å². The molecule has 3 aromatic carbocycles. The minimum atomic E-state index is -0.981. The van der Waals surface area contributed by atoms with Crippen LogP contribution >= 0.6 is 0 Å². The van der Waals surface area contributed by atoms with Gasteiger partial charge in [-0.1, -0.05) is 103 Å². The summed E-state index contributed by atoms with van der Waals surface area (Å²) in [5, 5.41) is 21.6. The number of aryl methyl sites for hydroxylation is 2. The average molecular weight is 1000 g/mol. The Morgan fingerprint density at radius 2 is 1.16 bits per heavy atom. The van der Waals surface area contributed by atoms with Gasteiger partial charge in [0.1, 0.15) is 24.2 Å². The number of nitrogens with zero attached hydrogens (tertiary/aromatic N) is 2. The maximum absolute atomic E-state index is 15.1. The van der Waals surface area contributed by atoms with E-state index < -0.39 is 70.8 Å². The number of likely N-dealkylation sites (tertiary alicyclic amines) is 1. The van der Waals surface area contributed by atoms with E-state index >= 15 is 4.79 Å². The summed E-state index contributed by atoms with van der Waals surface area (Å²) in [7, 11) is 3.37. The first-order valence-electron chi connectivity index (χ1n) is 26.4. The van der Waals surface area contributed by atoms with Gasteiger partial charge in [0.05, 0.1) is 24.2 Å². The van der Waals surface area contributed by atoms with Gasteiger partial charge in [0.25, 0.3) is 5.91 Å². The molecule has 0 radical (unpaired) electrons. The third-order valence-corrected chi connectivity index (χ3v) is 15.5. The predicted molar refractivity (Wildman–Crippen MR) is 281 cm³/mol. The lowest BCUT2D eigenvalue weighted by Crippen LogP contribution is -2.62. The molecule has 16 nitrogen and oxygen atoms in total. The number of hydrogen-bond acceptors (Lipinski definition) is 9. The predicted octanol–water partition coefficient (Wildman–Crippen LogP) is 4.69. The Morgan fingerprint density at radius 1 is 0.630 bits per heavy atom. The molecule has 0 spiro atoms. The Hall–Kier alpha value is -6.13. The third-order valence-electron chi connectivity index (χ3n) is 15.5. The lowest BCUT2D eigenvalue weighted by atomic mass is 9.83. The molecule has 2 heterocycles. The monoisotopic (exact) mass is 1000 g/mol. The van der Waals surface area contributed by atoms with Gasteiger partial charge in [-0.25, -0.2) is 0 Å². The fourth-order valence-corrected chi connectivity index (χ4v) is 11.0. The highest BCUT2D eigenvalue weighted by atomic mass is 16.2. The summed E-state index contributed by atoms with van der Waals surface area (Å²) in [6, 6.07) is 15.4. The summed E-state index contributed by atoms with van der Waals surface area (Å²) in [6.45, 7) is 14.9. The fourth-order valence-electron chi connectivity index (χ4n) is 11.0. The van der Waals surface area contributed by atoms with E-state index in [-0.39, 0.29) is 61.6 Å². The van der Waals surface area contributed by atoms with Crippen LogP contribution < -0.4 is 37.2 Å². The molecule has 7 N–H and O–H groups in total. The second-order valence-corrected chi connectivity index (χ2v) is 22.8. The number of amides is 7. The number of nitrogens with one attached hydrogen (secondary N) is 7. The molecule has 16 heteroatoms. The molecule has 0 aromatic heterocycles. The lowest BCUT2D eigenvalue weighted by Gasteiger charge is -2.42. The van der Waals surface area contributed by atoms with Gasteiger partial charge in [-0.05, 0) is 129 Å². The van der Waals surface area contributed by atoms with Crippen LogP contribution in [0, 0.1) is 10.8 Å². The van der Waals surface area contributed by atoms with Crippen molar-refractivity contribution in [2.75, 3.05) is 20.6 Å². The lowest BCUT2D eigenvalue weighted by molar-refractivity contribution is -0.147. The van der Waals surface area contributed by atoms with Crippen LogP contribution in [0.1, 0.15) is 150 Å². The van der Waals surface area contributed by atoms with Crippen LogP contribution in [-0.4, -0.2) is 114 Å². The van der Waals surface area contributed by atoms with Crippen molar-refractivity contribution in [2.24, 2.45) is 10.8 Å². The van der Waals surface area contributed by atoms with E-state index in [1.807, 2.05) is 90.9 Å². The number of carbonyl (C=O) groups excluding carboxylic acids is 7. The molecule has 0 saturated carbocycles. The van der Waals surface area contributed by atoms with E-state index in [4.69, 9.17) is 0 Å². The minimum absolute atomic E-state index is 0.00460. The molecule has 0 unspecified atom stereocenters. The molecule has 394 valence electrons. The van der Waals surface area contributed by atoms with Crippen LogP contribution in [0.3, 0.4) is 0 Å². The Bertz CT molecular complexity index is 2550. The van der Waals surface area contributed by atoms with Crippen LogP contribution in [0.2, 0.25) is 0 Å². The average Bonchev–Trinajstić information content (AvgIpc) is 3.79. The topological polar surface area (TPSA) is 210 Å². The maximum atomic E-state index is 15.1. The minimum Gasteiger partial charge on any atom is -0.347 e. The van der Waals surface area contributed by atoms with Crippen molar-refractivity contribution in [2.45, 2.75) is 174 Å². The summed E-state index contributed by atoms with van der Waals surface area (Å²) >= 11 is 0. The number of fused-ring (bicyclic) bond motifs is 3. The first-order valence-corrected chi connectivity index (χ1v) is 26.4. The number of carbonyl (C=O) groups is 7. The van der Waals surface area contributed by atoms with E-state index in [1.165, 1.54) is 16.0 Å². The fraction of sp³-hybridized carbons (Fsp3) is 0.561. The highest BCUT2D eigenvalue weighted by Crippen LogP contribution is 2.35. The Morgan fingerprint density at radius 3 is 1.70 bits per heavy atom. The molecule has 9 atom stereocenters. The van der Waals surface area contributed by atoms with Crippen molar-refractivity contribution < 1.29 is 33.6 Å². The van der Waals surface area contributed by atoms with Crippen molar-refractivity contribution >= 4 is 41.4 Å². The molecule has 4 aliphatic rings. The van der Waals surface area contributed by atoms with Gasteiger partial charge < -0.3 is 47.0 Å². The van der Waals surface area contributed by atoms with Gasteiger partial charge in [-0.15, -0.1) is 0 Å². The van der Waals surface area contributed by atoms with E-state index in [2.05, 4.69) is 49.4 Å². The third kappa shape index (κ3) is 12.5. The van der Waals surface area contributed by atoms with Gasteiger partial charge in [-0.3, -0.25) is 33.6 Å². The summed E-state index contributed by atoms with van der Waals surface area (Å²) in [6.07, 6.45) is 5.99. The first-order chi connectivity index (χ1) is 34.6. The summed E-state index contributed by atoms with van der Waals surface area (Å²) < 4.78 is 0. The second kappa shape index (κ2) is 23.0. The molecular weight excluding hydrogens is 923 g/mol. The van der Waals surface area contributed by atoms with Gasteiger partial charge in [0, 0.05) is 31.1 Å². The van der Waals surface area contributed by atoms with Crippen LogP contribution in [0.15, 0.2) is 66.7 Å². The zero-order valence-corrected chi connectivity index (χ0v) is 44.6. The number of rotatable bonds is 15. The molecule has 2 aliphatic carbocycles. The normalized spacial score (nSPS) is 22.2. The largest absolute Gasteiger partial charge is 0.347 e. The van der Waals surface area contributed by atoms with Crippen molar-refractivity contribution in [3.05, 3.63) is 106 Å². The van der Waals surface area contributed by atoms with Gasteiger partial charge in [-0.2, -0.15) is 0 Å². The highest BCUT2D eigenvalue weighted by Gasteiger charge is 2.47.